The van der Waals surface area contributed by atoms with Crippen molar-refractivity contribution >= 4 is 6.29 Å². The van der Waals surface area contributed by atoms with Gasteiger partial charge in [-0.05, 0) is 17.9 Å². The molecule has 0 bridgehead atoms. The number of hydrogen-bond acceptors (Lipinski definition) is 1. The van der Waals surface area contributed by atoms with Gasteiger partial charge < -0.3 is 4.79 Å². The molecule has 2 atom stereocenters. The maximum Gasteiger partial charge on any atom is 0.122 e. The molecule has 1 nitrogen and oxygen atoms in total. The highest BCUT2D eigenvalue weighted by molar-refractivity contribution is 5.52. The third-order valence-electron chi connectivity index (χ3n) is 2.33. The van der Waals surface area contributed by atoms with E-state index < -0.39 is 0 Å². The minimum atomic E-state index is 0.162. The van der Waals surface area contributed by atoms with Gasteiger partial charge in [-0.3, -0.25) is 0 Å². The summed E-state index contributed by atoms with van der Waals surface area (Å²) in [6, 6.07) is 10.3. The van der Waals surface area contributed by atoms with Crippen molar-refractivity contribution in [1.29, 1.82) is 0 Å². The lowest BCUT2D eigenvalue weighted by molar-refractivity contribution is -0.110. The molecular weight excluding hydrogens is 160 g/mol. The quantitative estimate of drug-likeness (QED) is 0.644. The van der Waals surface area contributed by atoms with Crippen molar-refractivity contribution in [2.45, 2.75) is 26.2 Å². The number of aldehydes is 1. The summed E-state index contributed by atoms with van der Waals surface area (Å²) in [7, 11) is 0. The first kappa shape index (κ1) is 9.97. The predicted molar refractivity (Wildman–Crippen MR) is 54.7 cm³/mol. The Morgan fingerprint density at radius 2 is 1.85 bits per heavy atom. The Kier molecular flexibility index (Phi) is 3.69. The van der Waals surface area contributed by atoms with Crippen LogP contribution in [0.1, 0.15) is 31.7 Å². The zero-order valence-electron chi connectivity index (χ0n) is 8.23. The first-order valence-electron chi connectivity index (χ1n) is 4.74. The van der Waals surface area contributed by atoms with E-state index >= 15 is 0 Å². The molecule has 1 aromatic carbocycles. The molecule has 1 rings (SSSR count). The van der Waals surface area contributed by atoms with Gasteiger partial charge in [-0.2, -0.15) is 0 Å². The minimum Gasteiger partial charge on any atom is -0.303 e. The monoisotopic (exact) mass is 176 g/mol. The van der Waals surface area contributed by atoms with Gasteiger partial charge in [0.2, 0.25) is 0 Å². The van der Waals surface area contributed by atoms with Crippen molar-refractivity contribution in [2.75, 3.05) is 0 Å². The average molecular weight is 176 g/mol. The molecule has 0 fully saturated rings. The minimum absolute atomic E-state index is 0.162. The maximum atomic E-state index is 10.5. The van der Waals surface area contributed by atoms with E-state index in [2.05, 4.69) is 19.1 Å². The third kappa shape index (κ3) is 3.02. The molecule has 1 aromatic rings. The van der Waals surface area contributed by atoms with E-state index in [1.807, 2.05) is 25.1 Å². The van der Waals surface area contributed by atoms with Gasteiger partial charge in [-0.25, -0.2) is 0 Å². The van der Waals surface area contributed by atoms with Gasteiger partial charge in [0.05, 0.1) is 0 Å². The summed E-state index contributed by atoms with van der Waals surface area (Å²) in [6.45, 7) is 4.13. The van der Waals surface area contributed by atoms with Crippen LogP contribution in [0.4, 0.5) is 0 Å². The van der Waals surface area contributed by atoms with E-state index in [4.69, 9.17) is 0 Å². The van der Waals surface area contributed by atoms with Gasteiger partial charge in [0.25, 0.3) is 0 Å². The second-order valence-corrected chi connectivity index (χ2v) is 3.66. The SMILES string of the molecule is C[C@H](C=O)C[C@@H](C)c1ccccc1. The van der Waals surface area contributed by atoms with Crippen LogP contribution in [0.3, 0.4) is 0 Å². The summed E-state index contributed by atoms with van der Waals surface area (Å²) < 4.78 is 0. The van der Waals surface area contributed by atoms with Crippen molar-refractivity contribution in [1.82, 2.24) is 0 Å². The molecular formula is C12H16O. The molecule has 0 aliphatic carbocycles. The molecule has 0 saturated heterocycles. The molecule has 0 aliphatic rings. The lowest BCUT2D eigenvalue weighted by atomic mass is 9.92. The van der Waals surface area contributed by atoms with Crippen LogP contribution in [0.2, 0.25) is 0 Å². The molecule has 0 heterocycles. The molecule has 1 heteroatoms. The molecule has 0 spiro atoms. The number of benzene rings is 1. The molecule has 0 radical (unpaired) electrons. The van der Waals surface area contributed by atoms with Crippen LogP contribution in [0.5, 0.6) is 0 Å². The van der Waals surface area contributed by atoms with Crippen LogP contribution in [0.15, 0.2) is 30.3 Å². The summed E-state index contributed by atoms with van der Waals surface area (Å²) in [5.74, 6) is 0.636. The van der Waals surface area contributed by atoms with Crippen molar-refractivity contribution < 1.29 is 4.79 Å². The van der Waals surface area contributed by atoms with Crippen LogP contribution in [-0.2, 0) is 4.79 Å². The fourth-order valence-electron chi connectivity index (χ4n) is 1.53. The second-order valence-electron chi connectivity index (χ2n) is 3.66. The van der Waals surface area contributed by atoms with E-state index in [-0.39, 0.29) is 5.92 Å². The first-order chi connectivity index (χ1) is 6.24. The molecule has 0 aromatic heterocycles. The predicted octanol–water partition coefficient (Wildman–Crippen LogP) is 3.02. The summed E-state index contributed by atoms with van der Waals surface area (Å²) in [4.78, 5) is 10.5. The highest BCUT2D eigenvalue weighted by Crippen LogP contribution is 2.21. The standard InChI is InChI=1S/C12H16O/c1-10(9-13)8-11(2)12-6-4-3-5-7-12/h3-7,9-11H,8H2,1-2H3/t10-,11+/m0/s1. The number of carbonyl (C=O) groups excluding carboxylic acids is 1. The number of rotatable bonds is 4. The van der Waals surface area contributed by atoms with Crippen molar-refractivity contribution in [3.63, 3.8) is 0 Å². The molecule has 0 saturated carbocycles. The largest absolute Gasteiger partial charge is 0.303 e. The molecule has 0 N–H and O–H groups in total. The van der Waals surface area contributed by atoms with Crippen LogP contribution >= 0.6 is 0 Å². The topological polar surface area (TPSA) is 17.1 Å². The number of hydrogen-bond donors (Lipinski definition) is 0. The Labute approximate surface area is 79.8 Å². The van der Waals surface area contributed by atoms with Gasteiger partial charge in [-0.15, -0.1) is 0 Å². The summed E-state index contributed by atoms with van der Waals surface area (Å²) in [5, 5.41) is 0. The molecule has 0 unspecified atom stereocenters. The fraction of sp³-hybridized carbons (Fsp3) is 0.417. The van der Waals surface area contributed by atoms with E-state index in [0.29, 0.717) is 5.92 Å². The molecule has 0 aliphatic heterocycles. The van der Waals surface area contributed by atoms with Crippen LogP contribution in [0, 0.1) is 5.92 Å². The highest BCUT2D eigenvalue weighted by Gasteiger charge is 2.08. The Balaban J connectivity index is 2.58. The zero-order valence-corrected chi connectivity index (χ0v) is 8.23. The number of carbonyl (C=O) groups is 1. The Hall–Kier alpha value is -1.11. The highest BCUT2D eigenvalue weighted by atomic mass is 16.1. The maximum absolute atomic E-state index is 10.5. The van der Waals surface area contributed by atoms with Gasteiger partial charge >= 0.3 is 0 Å². The smallest absolute Gasteiger partial charge is 0.122 e. The summed E-state index contributed by atoms with van der Waals surface area (Å²) in [6.07, 6.45) is 1.97. The lowest BCUT2D eigenvalue weighted by Crippen LogP contribution is -2.02. The van der Waals surface area contributed by atoms with Gasteiger partial charge in [0.15, 0.2) is 0 Å². The van der Waals surface area contributed by atoms with Gasteiger partial charge in [-0.1, -0.05) is 44.2 Å². The first-order valence-corrected chi connectivity index (χ1v) is 4.74. The van der Waals surface area contributed by atoms with E-state index in [0.717, 1.165) is 12.7 Å². The molecule has 13 heavy (non-hydrogen) atoms. The second kappa shape index (κ2) is 4.80. The Morgan fingerprint density at radius 3 is 2.38 bits per heavy atom. The van der Waals surface area contributed by atoms with Crippen LogP contribution in [-0.4, -0.2) is 6.29 Å². The Bertz CT molecular complexity index is 253. The summed E-state index contributed by atoms with van der Waals surface area (Å²) in [5.41, 5.74) is 1.32. The summed E-state index contributed by atoms with van der Waals surface area (Å²) >= 11 is 0. The van der Waals surface area contributed by atoms with Gasteiger partial charge in [0, 0.05) is 5.92 Å². The van der Waals surface area contributed by atoms with Crippen molar-refractivity contribution in [2.24, 2.45) is 5.92 Å². The van der Waals surface area contributed by atoms with Crippen LogP contribution in [0.25, 0.3) is 0 Å². The lowest BCUT2D eigenvalue weighted by Gasteiger charge is -2.12. The van der Waals surface area contributed by atoms with Crippen molar-refractivity contribution in [3.05, 3.63) is 35.9 Å². The average Bonchev–Trinajstić information content (AvgIpc) is 2.19. The van der Waals surface area contributed by atoms with E-state index in [1.165, 1.54) is 5.56 Å². The molecule has 70 valence electrons. The zero-order chi connectivity index (χ0) is 9.68. The fourth-order valence-corrected chi connectivity index (χ4v) is 1.53. The van der Waals surface area contributed by atoms with Crippen molar-refractivity contribution in [3.8, 4) is 0 Å². The van der Waals surface area contributed by atoms with Crippen LogP contribution < -0.4 is 0 Å². The van der Waals surface area contributed by atoms with Gasteiger partial charge in [0.1, 0.15) is 6.29 Å². The molecule has 0 amide bonds. The third-order valence-corrected chi connectivity index (χ3v) is 2.33. The van der Waals surface area contributed by atoms with E-state index in [9.17, 15) is 4.79 Å². The normalized spacial score (nSPS) is 14.9. The van der Waals surface area contributed by atoms with E-state index in [1.54, 1.807) is 0 Å². The Morgan fingerprint density at radius 1 is 1.23 bits per heavy atom.